The van der Waals surface area contributed by atoms with Crippen molar-refractivity contribution in [2.24, 2.45) is 11.8 Å². The molecule has 7 heteroatoms. The average Bonchev–Trinajstić information content (AvgIpc) is 2.50. The van der Waals surface area contributed by atoms with E-state index in [-0.39, 0.29) is 25.2 Å². The molecule has 0 atom stereocenters. The summed E-state index contributed by atoms with van der Waals surface area (Å²) in [7, 11) is 0. The summed E-state index contributed by atoms with van der Waals surface area (Å²) in [5.74, 6) is 0.219. The number of esters is 2. The highest BCUT2D eigenvalue weighted by Gasteiger charge is 2.06. The van der Waals surface area contributed by atoms with Gasteiger partial charge in [0.15, 0.2) is 0 Å². The van der Waals surface area contributed by atoms with E-state index in [0.717, 1.165) is 0 Å². The topological polar surface area (TPSA) is 80.3 Å². The zero-order valence-corrected chi connectivity index (χ0v) is 16.1. The van der Waals surface area contributed by atoms with Crippen molar-refractivity contribution < 1.29 is 33.3 Å². The van der Waals surface area contributed by atoms with Gasteiger partial charge < -0.3 is 23.7 Å². The molecule has 0 saturated heterocycles. The molecule has 0 aliphatic carbocycles. The van der Waals surface area contributed by atoms with Crippen LogP contribution in [0.15, 0.2) is 0 Å². The summed E-state index contributed by atoms with van der Waals surface area (Å²) in [5, 5.41) is 0. The molecule has 0 aromatic carbocycles. The highest BCUT2D eigenvalue weighted by Crippen LogP contribution is 2.01. The standard InChI is InChI=1S/C18H34O7/c1-15(2)13-17(19)24-11-9-22-7-5-21-6-8-23-10-12-25-18(20)14-16(3)4/h15-16H,5-14H2,1-4H3. The Kier molecular flexibility index (Phi) is 15.5. The van der Waals surface area contributed by atoms with Crippen LogP contribution in [0.1, 0.15) is 40.5 Å². The van der Waals surface area contributed by atoms with E-state index in [4.69, 9.17) is 23.7 Å². The van der Waals surface area contributed by atoms with Gasteiger partial charge in [0.1, 0.15) is 13.2 Å². The van der Waals surface area contributed by atoms with Crippen molar-refractivity contribution in [3.63, 3.8) is 0 Å². The maximum absolute atomic E-state index is 11.3. The fraction of sp³-hybridized carbons (Fsp3) is 0.889. The molecule has 0 aliphatic heterocycles. The third kappa shape index (κ3) is 19.0. The fourth-order valence-electron chi connectivity index (χ4n) is 1.76. The molecule has 0 aliphatic rings. The Hall–Kier alpha value is -1.18. The molecule has 0 N–H and O–H groups in total. The first-order chi connectivity index (χ1) is 11.9. The monoisotopic (exact) mass is 362 g/mol. The minimum atomic E-state index is -0.193. The molecular weight excluding hydrogens is 328 g/mol. The van der Waals surface area contributed by atoms with Gasteiger partial charge in [-0.2, -0.15) is 0 Å². The van der Waals surface area contributed by atoms with Gasteiger partial charge in [0.2, 0.25) is 0 Å². The average molecular weight is 362 g/mol. The Bertz CT molecular complexity index is 310. The van der Waals surface area contributed by atoms with Crippen molar-refractivity contribution in [2.75, 3.05) is 52.9 Å². The van der Waals surface area contributed by atoms with Crippen molar-refractivity contribution in [1.82, 2.24) is 0 Å². The number of rotatable bonds is 16. The van der Waals surface area contributed by atoms with Crippen molar-refractivity contribution in [1.29, 1.82) is 0 Å². The minimum absolute atomic E-state index is 0.193. The van der Waals surface area contributed by atoms with Crippen LogP contribution in [0.2, 0.25) is 0 Å². The molecule has 0 bridgehead atoms. The maximum Gasteiger partial charge on any atom is 0.306 e. The molecule has 0 rings (SSSR count). The first-order valence-corrected chi connectivity index (χ1v) is 8.96. The van der Waals surface area contributed by atoms with Gasteiger partial charge in [0, 0.05) is 12.8 Å². The summed E-state index contributed by atoms with van der Waals surface area (Å²) >= 11 is 0. The smallest absolute Gasteiger partial charge is 0.306 e. The lowest BCUT2D eigenvalue weighted by molar-refractivity contribution is -0.146. The van der Waals surface area contributed by atoms with Gasteiger partial charge >= 0.3 is 11.9 Å². The zero-order chi connectivity index (χ0) is 18.9. The molecule has 0 heterocycles. The summed E-state index contributed by atoms with van der Waals surface area (Å²) in [6.45, 7) is 10.9. The van der Waals surface area contributed by atoms with Crippen LogP contribution in [0.5, 0.6) is 0 Å². The van der Waals surface area contributed by atoms with Crippen LogP contribution in [-0.4, -0.2) is 64.8 Å². The van der Waals surface area contributed by atoms with E-state index in [1.54, 1.807) is 0 Å². The van der Waals surface area contributed by atoms with Crippen LogP contribution in [0.4, 0.5) is 0 Å². The van der Waals surface area contributed by atoms with Gasteiger partial charge in [0.05, 0.1) is 39.6 Å². The van der Waals surface area contributed by atoms with Crippen LogP contribution in [0.25, 0.3) is 0 Å². The first-order valence-electron chi connectivity index (χ1n) is 8.96. The molecule has 148 valence electrons. The van der Waals surface area contributed by atoms with Crippen LogP contribution in [0.3, 0.4) is 0 Å². The van der Waals surface area contributed by atoms with Gasteiger partial charge in [-0.3, -0.25) is 9.59 Å². The van der Waals surface area contributed by atoms with E-state index < -0.39 is 0 Å². The summed E-state index contributed by atoms with van der Waals surface area (Å²) in [4.78, 5) is 22.6. The molecule has 0 unspecified atom stereocenters. The van der Waals surface area contributed by atoms with E-state index in [0.29, 0.717) is 64.3 Å². The molecule has 0 amide bonds. The molecule has 0 aromatic rings. The third-order valence-electron chi connectivity index (χ3n) is 2.88. The van der Waals surface area contributed by atoms with Crippen molar-refractivity contribution in [3.8, 4) is 0 Å². The Labute approximate surface area is 151 Å². The summed E-state index contributed by atoms with van der Waals surface area (Å²) < 4.78 is 25.9. The van der Waals surface area contributed by atoms with E-state index in [9.17, 15) is 9.59 Å². The Morgan fingerprint density at radius 2 is 0.840 bits per heavy atom. The van der Waals surface area contributed by atoms with E-state index in [1.165, 1.54) is 0 Å². The predicted octanol–water partition coefficient (Wildman–Crippen LogP) is 2.21. The third-order valence-corrected chi connectivity index (χ3v) is 2.88. The van der Waals surface area contributed by atoms with E-state index >= 15 is 0 Å². The van der Waals surface area contributed by atoms with E-state index in [2.05, 4.69) is 0 Å². The highest BCUT2D eigenvalue weighted by atomic mass is 16.6. The van der Waals surface area contributed by atoms with Gasteiger partial charge in [-0.1, -0.05) is 27.7 Å². The van der Waals surface area contributed by atoms with Crippen LogP contribution >= 0.6 is 0 Å². The lowest BCUT2D eigenvalue weighted by Crippen LogP contribution is -2.16. The molecule has 0 radical (unpaired) electrons. The minimum Gasteiger partial charge on any atom is -0.463 e. The normalized spacial score (nSPS) is 11.1. The van der Waals surface area contributed by atoms with Crippen LogP contribution in [-0.2, 0) is 33.3 Å². The van der Waals surface area contributed by atoms with Gasteiger partial charge in [-0.25, -0.2) is 0 Å². The molecule has 7 nitrogen and oxygen atoms in total. The lowest BCUT2D eigenvalue weighted by Gasteiger charge is -2.09. The fourth-order valence-corrected chi connectivity index (χ4v) is 1.76. The molecule has 0 fully saturated rings. The first kappa shape index (κ1) is 23.8. The number of ether oxygens (including phenoxy) is 5. The summed E-state index contributed by atoms with van der Waals surface area (Å²) in [5.41, 5.74) is 0. The van der Waals surface area contributed by atoms with E-state index in [1.807, 2.05) is 27.7 Å². The molecule has 0 spiro atoms. The molecular formula is C18H34O7. The Balaban J connectivity index is 3.19. The maximum atomic E-state index is 11.3. The van der Waals surface area contributed by atoms with Gasteiger partial charge in [-0.15, -0.1) is 0 Å². The SMILES string of the molecule is CC(C)CC(=O)OCCOCCOCCOCCOC(=O)CC(C)C. The Morgan fingerprint density at radius 1 is 0.560 bits per heavy atom. The summed E-state index contributed by atoms with van der Waals surface area (Å²) in [6, 6.07) is 0. The molecule has 0 saturated carbocycles. The van der Waals surface area contributed by atoms with Gasteiger partial charge in [0.25, 0.3) is 0 Å². The van der Waals surface area contributed by atoms with Crippen molar-refractivity contribution in [2.45, 2.75) is 40.5 Å². The number of carbonyl (C=O) groups is 2. The second kappa shape index (κ2) is 16.3. The molecule has 0 aromatic heterocycles. The zero-order valence-electron chi connectivity index (χ0n) is 16.1. The van der Waals surface area contributed by atoms with Crippen molar-refractivity contribution in [3.05, 3.63) is 0 Å². The largest absolute Gasteiger partial charge is 0.463 e. The second-order valence-electron chi connectivity index (χ2n) is 6.47. The number of hydrogen-bond donors (Lipinski definition) is 0. The quantitative estimate of drug-likeness (QED) is 0.308. The molecule has 25 heavy (non-hydrogen) atoms. The summed E-state index contributed by atoms with van der Waals surface area (Å²) in [6.07, 6.45) is 0.861. The van der Waals surface area contributed by atoms with Crippen molar-refractivity contribution >= 4 is 11.9 Å². The van der Waals surface area contributed by atoms with Crippen LogP contribution < -0.4 is 0 Å². The highest BCUT2D eigenvalue weighted by molar-refractivity contribution is 5.69. The number of hydrogen-bond acceptors (Lipinski definition) is 7. The predicted molar refractivity (Wildman–Crippen MR) is 93.3 cm³/mol. The van der Waals surface area contributed by atoms with Crippen LogP contribution in [0, 0.1) is 11.8 Å². The second-order valence-corrected chi connectivity index (χ2v) is 6.47. The Morgan fingerprint density at radius 3 is 1.12 bits per heavy atom. The lowest BCUT2D eigenvalue weighted by atomic mass is 10.1. The number of carbonyl (C=O) groups excluding carboxylic acids is 2. The van der Waals surface area contributed by atoms with Gasteiger partial charge in [-0.05, 0) is 11.8 Å².